The number of H-pyrrole nitrogens is 1. The van der Waals surface area contributed by atoms with Crippen LogP contribution in [0, 0.1) is 13.8 Å². The van der Waals surface area contributed by atoms with Gasteiger partial charge in [-0.3, -0.25) is 0 Å². The van der Waals surface area contributed by atoms with Crippen molar-refractivity contribution in [3.63, 3.8) is 0 Å². The van der Waals surface area contributed by atoms with Gasteiger partial charge in [0.1, 0.15) is 5.15 Å². The molecule has 0 aliphatic heterocycles. The van der Waals surface area contributed by atoms with Gasteiger partial charge in [-0.25, -0.2) is 4.98 Å². The third-order valence-corrected chi connectivity index (χ3v) is 6.52. The Labute approximate surface area is 211 Å². The van der Waals surface area contributed by atoms with Gasteiger partial charge in [0.25, 0.3) is 0 Å². The van der Waals surface area contributed by atoms with Crippen LogP contribution in [-0.4, -0.2) is 21.8 Å². The molecule has 1 unspecified atom stereocenters. The maximum atomic E-state index is 6.51. The van der Waals surface area contributed by atoms with E-state index in [1.54, 1.807) is 18.1 Å². The van der Waals surface area contributed by atoms with Crippen LogP contribution in [0.4, 0.5) is 5.69 Å². The first-order valence-electron chi connectivity index (χ1n) is 11.4. The number of rotatable bonds is 6. The molecule has 0 bridgehead atoms. The van der Waals surface area contributed by atoms with Crippen LogP contribution in [-0.2, 0) is 4.74 Å². The summed E-state index contributed by atoms with van der Waals surface area (Å²) in [6.07, 6.45) is 3.68. The SMILES string of the molecule is CSNc1c(C)c(C(C)OC(C)(C)C)c(-c2ccc(C)cc2)c2cc(-c3ccnc(Cl)c3)[nH]c12. The van der Waals surface area contributed by atoms with Crippen LogP contribution >= 0.6 is 23.5 Å². The van der Waals surface area contributed by atoms with E-state index in [1.807, 2.05) is 18.4 Å². The van der Waals surface area contributed by atoms with Crippen molar-refractivity contribution in [2.75, 3.05) is 11.0 Å². The molecule has 4 rings (SSSR count). The molecule has 2 aromatic carbocycles. The summed E-state index contributed by atoms with van der Waals surface area (Å²) in [5.41, 5.74) is 9.84. The molecular formula is C28H32ClN3OS. The lowest BCUT2D eigenvalue weighted by atomic mass is 9.88. The second kappa shape index (κ2) is 9.65. The molecule has 4 nitrogen and oxygen atoms in total. The number of aromatic amines is 1. The Hall–Kier alpha value is -2.47. The zero-order chi connectivity index (χ0) is 24.6. The van der Waals surface area contributed by atoms with Crippen molar-refractivity contribution in [1.82, 2.24) is 9.97 Å². The van der Waals surface area contributed by atoms with Gasteiger partial charge >= 0.3 is 0 Å². The smallest absolute Gasteiger partial charge is 0.129 e. The second-order valence-electron chi connectivity index (χ2n) is 9.67. The summed E-state index contributed by atoms with van der Waals surface area (Å²) in [4.78, 5) is 7.81. The van der Waals surface area contributed by atoms with Crippen LogP contribution in [0.5, 0.6) is 0 Å². The number of hydrogen-bond donors (Lipinski definition) is 2. The molecular weight excluding hydrogens is 462 g/mol. The summed E-state index contributed by atoms with van der Waals surface area (Å²) >= 11 is 7.80. The maximum Gasteiger partial charge on any atom is 0.129 e. The summed E-state index contributed by atoms with van der Waals surface area (Å²) in [6.45, 7) is 12.8. The van der Waals surface area contributed by atoms with Crippen molar-refractivity contribution >= 4 is 40.1 Å². The molecule has 1 atom stereocenters. The standard InChI is InChI=1S/C28H32ClN3OS/c1-16-8-10-19(11-9-16)25-21-15-22(20-12-13-30-23(29)14-20)31-27(21)26(32-34-7)17(2)24(25)18(3)33-28(4,5)6/h8-15,18,31-32H,1-7H3. The molecule has 0 radical (unpaired) electrons. The highest BCUT2D eigenvalue weighted by atomic mass is 35.5. The van der Waals surface area contributed by atoms with Gasteiger partial charge in [-0.15, -0.1) is 0 Å². The molecule has 2 heterocycles. The van der Waals surface area contributed by atoms with Crippen LogP contribution in [0.3, 0.4) is 0 Å². The van der Waals surface area contributed by atoms with E-state index in [2.05, 4.69) is 86.6 Å². The Balaban J connectivity index is 2.08. The molecule has 0 saturated carbocycles. The summed E-state index contributed by atoms with van der Waals surface area (Å²) in [7, 11) is 0. The van der Waals surface area contributed by atoms with Gasteiger partial charge in [-0.1, -0.05) is 53.4 Å². The minimum absolute atomic E-state index is 0.100. The third kappa shape index (κ3) is 4.97. The number of pyridine rings is 1. The molecule has 34 heavy (non-hydrogen) atoms. The van der Waals surface area contributed by atoms with E-state index in [4.69, 9.17) is 16.3 Å². The number of anilines is 1. The third-order valence-electron chi connectivity index (χ3n) is 5.90. The number of nitrogens with zero attached hydrogens (tertiary/aromatic N) is 1. The first kappa shape index (κ1) is 24.6. The number of halogens is 1. The lowest BCUT2D eigenvalue weighted by Crippen LogP contribution is -2.22. The molecule has 2 aromatic heterocycles. The van der Waals surface area contributed by atoms with Gasteiger partial charge < -0.3 is 14.4 Å². The number of aromatic nitrogens is 2. The van der Waals surface area contributed by atoms with E-state index in [0.29, 0.717) is 5.15 Å². The van der Waals surface area contributed by atoms with Crippen molar-refractivity contribution in [3.8, 4) is 22.4 Å². The number of hydrogen-bond acceptors (Lipinski definition) is 4. The Morgan fingerprint density at radius 1 is 1.06 bits per heavy atom. The zero-order valence-corrected chi connectivity index (χ0v) is 22.4. The van der Waals surface area contributed by atoms with Gasteiger partial charge in [-0.05, 0) is 82.0 Å². The van der Waals surface area contributed by atoms with Crippen molar-refractivity contribution in [2.24, 2.45) is 0 Å². The number of ether oxygens (including phenoxy) is 1. The monoisotopic (exact) mass is 493 g/mol. The molecule has 2 N–H and O–H groups in total. The number of aryl methyl sites for hydroxylation is 1. The minimum atomic E-state index is -0.268. The normalized spacial score (nSPS) is 12.8. The van der Waals surface area contributed by atoms with E-state index in [0.717, 1.165) is 27.8 Å². The van der Waals surface area contributed by atoms with Gasteiger partial charge in [-0.2, -0.15) is 0 Å². The predicted molar refractivity (Wildman–Crippen MR) is 148 cm³/mol. The van der Waals surface area contributed by atoms with Crippen LogP contribution in [0.2, 0.25) is 5.15 Å². The van der Waals surface area contributed by atoms with Crippen molar-refractivity contribution < 1.29 is 4.74 Å². The predicted octanol–water partition coefficient (Wildman–Crippen LogP) is 8.73. The van der Waals surface area contributed by atoms with E-state index in [-0.39, 0.29) is 11.7 Å². The molecule has 0 amide bonds. The number of nitrogens with one attached hydrogen (secondary N) is 2. The maximum absolute atomic E-state index is 6.51. The van der Waals surface area contributed by atoms with E-state index >= 15 is 0 Å². The largest absolute Gasteiger partial charge is 0.368 e. The summed E-state index contributed by atoms with van der Waals surface area (Å²) < 4.78 is 10.0. The molecule has 0 aliphatic carbocycles. The average molecular weight is 494 g/mol. The average Bonchev–Trinajstić information content (AvgIpc) is 3.20. The quantitative estimate of drug-likeness (QED) is 0.208. The summed E-state index contributed by atoms with van der Waals surface area (Å²) in [5, 5.41) is 1.62. The van der Waals surface area contributed by atoms with Crippen LogP contribution < -0.4 is 4.72 Å². The molecule has 0 fully saturated rings. The van der Waals surface area contributed by atoms with Crippen molar-refractivity contribution in [2.45, 2.75) is 53.2 Å². The van der Waals surface area contributed by atoms with Gasteiger partial charge in [0.15, 0.2) is 0 Å². The lowest BCUT2D eigenvalue weighted by Gasteiger charge is -2.29. The van der Waals surface area contributed by atoms with Gasteiger partial charge in [0.2, 0.25) is 0 Å². The molecule has 4 aromatic rings. The highest BCUT2D eigenvalue weighted by Crippen LogP contribution is 2.46. The van der Waals surface area contributed by atoms with Crippen LogP contribution in [0.1, 0.15) is 50.5 Å². The first-order valence-corrected chi connectivity index (χ1v) is 13.0. The van der Waals surface area contributed by atoms with Crippen LogP contribution in [0.15, 0.2) is 48.7 Å². The van der Waals surface area contributed by atoms with Crippen LogP contribution in [0.25, 0.3) is 33.3 Å². The highest BCUT2D eigenvalue weighted by Gasteiger charge is 2.26. The fourth-order valence-electron chi connectivity index (χ4n) is 4.59. The number of benzene rings is 2. The first-order chi connectivity index (χ1) is 16.1. The van der Waals surface area contributed by atoms with Gasteiger partial charge in [0.05, 0.1) is 22.9 Å². The Morgan fingerprint density at radius 3 is 2.38 bits per heavy atom. The molecule has 6 heteroatoms. The number of fused-ring (bicyclic) bond motifs is 1. The fourth-order valence-corrected chi connectivity index (χ4v) is 5.22. The summed E-state index contributed by atoms with van der Waals surface area (Å²) in [6, 6.07) is 14.8. The molecule has 0 aliphatic rings. The van der Waals surface area contributed by atoms with Crippen molar-refractivity contribution in [1.29, 1.82) is 0 Å². The zero-order valence-electron chi connectivity index (χ0n) is 20.8. The van der Waals surface area contributed by atoms with E-state index < -0.39 is 0 Å². The fraction of sp³-hybridized carbons (Fsp3) is 0.321. The lowest BCUT2D eigenvalue weighted by molar-refractivity contribution is -0.0528. The highest BCUT2D eigenvalue weighted by molar-refractivity contribution is 7.99. The Morgan fingerprint density at radius 2 is 1.76 bits per heavy atom. The molecule has 0 saturated heterocycles. The van der Waals surface area contributed by atoms with E-state index in [9.17, 15) is 0 Å². The minimum Gasteiger partial charge on any atom is -0.368 e. The topological polar surface area (TPSA) is 49.9 Å². The van der Waals surface area contributed by atoms with Gasteiger partial charge in [0, 0.05) is 29.1 Å². The Bertz CT molecular complexity index is 1320. The Kier molecular flexibility index (Phi) is 6.99. The second-order valence-corrected chi connectivity index (χ2v) is 10.7. The summed E-state index contributed by atoms with van der Waals surface area (Å²) in [5.74, 6) is 0. The van der Waals surface area contributed by atoms with Crippen molar-refractivity contribution in [3.05, 3.63) is 70.5 Å². The molecule has 178 valence electrons. The molecule has 0 spiro atoms. The van der Waals surface area contributed by atoms with E-state index in [1.165, 1.54) is 27.8 Å².